The molecule has 0 aromatic heterocycles. The van der Waals surface area contributed by atoms with Crippen molar-refractivity contribution in [1.29, 1.82) is 0 Å². The summed E-state index contributed by atoms with van der Waals surface area (Å²) >= 11 is 0. The number of methoxy groups -OCH3 is 2. The summed E-state index contributed by atoms with van der Waals surface area (Å²) < 4.78 is 10.6. The van der Waals surface area contributed by atoms with Crippen molar-refractivity contribution in [3.05, 3.63) is 17.7 Å². The zero-order valence-corrected chi connectivity index (χ0v) is 10.8. The lowest BCUT2D eigenvalue weighted by Crippen LogP contribution is -2.33. The summed E-state index contributed by atoms with van der Waals surface area (Å²) in [5.41, 5.74) is 1.23. The molecule has 92 valence electrons. The van der Waals surface area contributed by atoms with E-state index in [1.807, 2.05) is 26.0 Å². The van der Waals surface area contributed by atoms with Gasteiger partial charge in [0, 0.05) is 24.7 Å². The molecule has 0 N–H and O–H groups in total. The van der Waals surface area contributed by atoms with Crippen LogP contribution in [0.2, 0.25) is 0 Å². The van der Waals surface area contributed by atoms with Crippen molar-refractivity contribution in [3.63, 3.8) is 0 Å². The van der Waals surface area contributed by atoms with E-state index in [0.717, 1.165) is 11.3 Å². The third kappa shape index (κ3) is 1.47. The Morgan fingerprint density at radius 1 is 1.18 bits per heavy atom. The van der Waals surface area contributed by atoms with Gasteiger partial charge in [-0.1, -0.05) is 0 Å². The Morgan fingerprint density at radius 2 is 1.82 bits per heavy atom. The first-order chi connectivity index (χ1) is 7.93. The zero-order chi connectivity index (χ0) is 12.8. The number of anilines is 1. The van der Waals surface area contributed by atoms with Gasteiger partial charge in [0.1, 0.15) is 11.5 Å². The summed E-state index contributed by atoms with van der Waals surface area (Å²) in [5, 5.41) is 0. The van der Waals surface area contributed by atoms with E-state index in [4.69, 9.17) is 9.47 Å². The Hall–Kier alpha value is -1.71. The Bertz CT molecular complexity index is 480. The second-order valence-corrected chi connectivity index (χ2v) is 4.71. The van der Waals surface area contributed by atoms with Crippen molar-refractivity contribution in [2.75, 3.05) is 26.2 Å². The number of benzene rings is 1. The van der Waals surface area contributed by atoms with E-state index < -0.39 is 5.41 Å². The minimum Gasteiger partial charge on any atom is -0.497 e. The van der Waals surface area contributed by atoms with Crippen LogP contribution in [0.25, 0.3) is 0 Å². The van der Waals surface area contributed by atoms with E-state index in [1.165, 1.54) is 0 Å². The van der Waals surface area contributed by atoms with Crippen LogP contribution in [0.3, 0.4) is 0 Å². The van der Waals surface area contributed by atoms with E-state index in [2.05, 4.69) is 0 Å². The maximum absolute atomic E-state index is 12.2. The van der Waals surface area contributed by atoms with E-state index >= 15 is 0 Å². The number of fused-ring (bicyclic) bond motifs is 1. The second kappa shape index (κ2) is 3.65. The normalized spacial score (nSPS) is 17.0. The molecule has 1 heterocycles. The lowest BCUT2D eigenvalue weighted by atomic mass is 9.85. The average molecular weight is 235 g/mol. The number of ether oxygens (including phenoxy) is 2. The number of rotatable bonds is 2. The maximum Gasteiger partial charge on any atom is 0.237 e. The smallest absolute Gasteiger partial charge is 0.237 e. The summed E-state index contributed by atoms with van der Waals surface area (Å²) in [7, 11) is 4.98. The first-order valence-electron chi connectivity index (χ1n) is 5.48. The van der Waals surface area contributed by atoms with Crippen LogP contribution in [0, 0.1) is 0 Å². The summed E-state index contributed by atoms with van der Waals surface area (Å²) in [4.78, 5) is 13.8. The number of carbonyl (C=O) groups is 1. The van der Waals surface area contributed by atoms with Gasteiger partial charge in [-0.05, 0) is 13.8 Å². The predicted molar refractivity (Wildman–Crippen MR) is 66.0 cm³/mol. The van der Waals surface area contributed by atoms with Crippen molar-refractivity contribution < 1.29 is 14.3 Å². The second-order valence-electron chi connectivity index (χ2n) is 4.71. The topological polar surface area (TPSA) is 38.8 Å². The zero-order valence-electron chi connectivity index (χ0n) is 10.8. The lowest BCUT2D eigenvalue weighted by Gasteiger charge is -2.18. The number of nitrogens with zero attached hydrogens (tertiary/aromatic N) is 1. The van der Waals surface area contributed by atoms with Crippen molar-refractivity contribution in [1.82, 2.24) is 0 Å². The number of likely N-dealkylation sites (N-methyl/N-ethyl adjacent to an activating group) is 1. The number of carbonyl (C=O) groups excluding carboxylic acids is 1. The largest absolute Gasteiger partial charge is 0.497 e. The Labute approximate surface area is 101 Å². The standard InChI is InChI=1S/C13H17NO3/c1-13(2)11-9(14(3)12(13)15)6-8(16-4)7-10(11)17-5/h6-7H,1-5H3. The fourth-order valence-electron chi connectivity index (χ4n) is 2.38. The molecule has 0 saturated carbocycles. The molecule has 4 heteroatoms. The van der Waals surface area contributed by atoms with Crippen LogP contribution in [0.15, 0.2) is 12.1 Å². The molecule has 0 radical (unpaired) electrons. The third-order valence-electron chi connectivity index (χ3n) is 3.34. The van der Waals surface area contributed by atoms with Crippen molar-refractivity contribution in [3.8, 4) is 11.5 Å². The van der Waals surface area contributed by atoms with Gasteiger partial charge in [0.25, 0.3) is 0 Å². The summed E-state index contributed by atoms with van der Waals surface area (Å²) in [6.07, 6.45) is 0. The molecule has 0 saturated heterocycles. The average Bonchev–Trinajstić information content (AvgIpc) is 2.50. The predicted octanol–water partition coefficient (Wildman–Crippen LogP) is 1.96. The molecule has 0 atom stereocenters. The van der Waals surface area contributed by atoms with Crippen LogP contribution in [-0.4, -0.2) is 27.2 Å². The number of amides is 1. The molecule has 17 heavy (non-hydrogen) atoms. The molecular formula is C13H17NO3. The van der Waals surface area contributed by atoms with Crippen molar-refractivity contribution in [2.45, 2.75) is 19.3 Å². The monoisotopic (exact) mass is 235 g/mol. The SMILES string of the molecule is COc1cc(OC)c2c(c1)N(C)C(=O)C2(C)C. The number of hydrogen-bond donors (Lipinski definition) is 0. The molecule has 1 amide bonds. The molecule has 0 fully saturated rings. The quantitative estimate of drug-likeness (QED) is 0.786. The fraction of sp³-hybridized carbons (Fsp3) is 0.462. The molecule has 4 nitrogen and oxygen atoms in total. The first-order valence-corrected chi connectivity index (χ1v) is 5.48. The van der Waals surface area contributed by atoms with E-state index in [-0.39, 0.29) is 5.91 Å². The van der Waals surface area contributed by atoms with Gasteiger partial charge in [-0.25, -0.2) is 0 Å². The van der Waals surface area contributed by atoms with Crippen molar-refractivity contribution in [2.24, 2.45) is 0 Å². The molecule has 1 aromatic rings. The Morgan fingerprint density at radius 3 is 2.35 bits per heavy atom. The minimum atomic E-state index is -0.554. The molecule has 1 aliphatic rings. The highest BCUT2D eigenvalue weighted by molar-refractivity contribution is 6.08. The van der Waals surface area contributed by atoms with Crippen LogP contribution in [-0.2, 0) is 10.2 Å². The van der Waals surface area contributed by atoms with Gasteiger partial charge in [-0.15, -0.1) is 0 Å². The van der Waals surface area contributed by atoms with E-state index in [1.54, 1.807) is 26.2 Å². The van der Waals surface area contributed by atoms with E-state index in [9.17, 15) is 4.79 Å². The fourth-order valence-corrected chi connectivity index (χ4v) is 2.38. The van der Waals surface area contributed by atoms with Crippen LogP contribution >= 0.6 is 0 Å². The molecule has 0 unspecified atom stereocenters. The number of hydrogen-bond acceptors (Lipinski definition) is 3. The maximum atomic E-state index is 12.2. The molecule has 0 aliphatic carbocycles. The van der Waals surface area contributed by atoms with Crippen LogP contribution in [0.4, 0.5) is 5.69 Å². The summed E-state index contributed by atoms with van der Waals surface area (Å²) in [5.74, 6) is 1.46. The van der Waals surface area contributed by atoms with Crippen LogP contribution in [0.5, 0.6) is 11.5 Å². The van der Waals surface area contributed by atoms with Gasteiger partial charge in [0.2, 0.25) is 5.91 Å². The third-order valence-corrected chi connectivity index (χ3v) is 3.34. The first kappa shape index (κ1) is 11.8. The summed E-state index contributed by atoms with van der Waals surface area (Å²) in [6, 6.07) is 3.68. The molecule has 1 aliphatic heterocycles. The summed E-state index contributed by atoms with van der Waals surface area (Å²) in [6.45, 7) is 3.82. The van der Waals surface area contributed by atoms with Gasteiger partial charge in [0.15, 0.2) is 0 Å². The molecule has 0 spiro atoms. The lowest BCUT2D eigenvalue weighted by molar-refractivity contribution is -0.121. The van der Waals surface area contributed by atoms with Crippen LogP contribution in [0.1, 0.15) is 19.4 Å². The van der Waals surface area contributed by atoms with Gasteiger partial charge in [-0.3, -0.25) is 4.79 Å². The Balaban J connectivity index is 2.73. The van der Waals surface area contributed by atoms with Gasteiger partial charge in [0.05, 0.1) is 25.3 Å². The molecule has 2 rings (SSSR count). The molecule has 1 aromatic carbocycles. The Kier molecular flexibility index (Phi) is 2.53. The minimum absolute atomic E-state index is 0.0686. The highest BCUT2D eigenvalue weighted by atomic mass is 16.5. The highest BCUT2D eigenvalue weighted by Gasteiger charge is 2.44. The molecular weight excluding hydrogens is 218 g/mol. The van der Waals surface area contributed by atoms with Crippen LogP contribution < -0.4 is 14.4 Å². The van der Waals surface area contributed by atoms with E-state index in [0.29, 0.717) is 11.5 Å². The van der Waals surface area contributed by atoms with Crippen molar-refractivity contribution >= 4 is 11.6 Å². The van der Waals surface area contributed by atoms with Gasteiger partial charge >= 0.3 is 0 Å². The molecule has 0 bridgehead atoms. The highest BCUT2D eigenvalue weighted by Crippen LogP contribution is 2.47. The van der Waals surface area contributed by atoms with Gasteiger partial charge in [-0.2, -0.15) is 0 Å². The van der Waals surface area contributed by atoms with Gasteiger partial charge < -0.3 is 14.4 Å².